The predicted molar refractivity (Wildman–Crippen MR) is 34.6 cm³/mol. The van der Waals surface area contributed by atoms with Gasteiger partial charge in [0.15, 0.2) is 0 Å². The van der Waals surface area contributed by atoms with E-state index in [0.29, 0.717) is 6.17 Å². The first-order valence-corrected chi connectivity index (χ1v) is 3.19. The van der Waals surface area contributed by atoms with Crippen molar-refractivity contribution in [3.8, 4) is 0 Å². The van der Waals surface area contributed by atoms with Crippen LogP contribution in [0.3, 0.4) is 0 Å². The van der Waals surface area contributed by atoms with Gasteiger partial charge in [0, 0.05) is 6.04 Å². The molecule has 0 aromatic rings. The molecule has 0 spiro atoms. The van der Waals surface area contributed by atoms with Gasteiger partial charge in [0.1, 0.15) is 0 Å². The fraction of sp³-hybridized carbons (Fsp3) is 1.00. The highest BCUT2D eigenvalue weighted by Crippen LogP contribution is 2.15. The van der Waals surface area contributed by atoms with Crippen molar-refractivity contribution in [2.45, 2.75) is 26.1 Å². The fourth-order valence-corrected chi connectivity index (χ4v) is 0.992. The Kier molecular flexibility index (Phi) is 1.54. The molecule has 2 heteroatoms. The lowest BCUT2D eigenvalue weighted by Gasteiger charge is -1.97. The van der Waals surface area contributed by atoms with E-state index in [1.165, 1.54) is 0 Å². The quantitative estimate of drug-likeness (QED) is 0.501. The fourth-order valence-electron chi connectivity index (χ4n) is 0.992. The van der Waals surface area contributed by atoms with Crippen LogP contribution in [0.15, 0.2) is 0 Å². The third kappa shape index (κ3) is 1.01. The van der Waals surface area contributed by atoms with Crippen molar-refractivity contribution >= 4 is 0 Å². The summed E-state index contributed by atoms with van der Waals surface area (Å²) in [6, 6.07) is 0.722. The summed E-state index contributed by atoms with van der Waals surface area (Å²) in [6.45, 7) is 4.46. The molecular weight excluding hydrogens is 100 g/mol. The van der Waals surface area contributed by atoms with Crippen molar-refractivity contribution in [1.29, 1.82) is 0 Å². The zero-order chi connectivity index (χ0) is 6.15. The van der Waals surface area contributed by atoms with Crippen molar-refractivity contribution in [2.75, 3.05) is 7.05 Å². The van der Waals surface area contributed by atoms with Gasteiger partial charge >= 0.3 is 0 Å². The molecule has 2 nitrogen and oxygen atoms in total. The smallest absolute Gasteiger partial charge is 0.0733 e. The number of likely N-dealkylation sites (N-methyl/N-ethyl adjacent to an activating group) is 1. The van der Waals surface area contributed by atoms with Gasteiger partial charge in [-0.3, -0.25) is 5.32 Å². The first-order chi connectivity index (χ1) is 3.75. The van der Waals surface area contributed by atoms with Gasteiger partial charge in [-0.2, -0.15) is 0 Å². The largest absolute Gasteiger partial charge is 0.304 e. The van der Waals surface area contributed by atoms with Gasteiger partial charge in [0.25, 0.3) is 0 Å². The molecule has 0 radical (unpaired) electrons. The molecule has 1 rings (SSSR count). The maximum absolute atomic E-state index is 3.31. The molecule has 0 amide bonds. The van der Waals surface area contributed by atoms with Crippen LogP contribution in [0.2, 0.25) is 0 Å². The molecular formula is C6H14N2. The average molecular weight is 114 g/mol. The van der Waals surface area contributed by atoms with E-state index < -0.39 is 0 Å². The number of hydrogen-bond donors (Lipinski definition) is 2. The van der Waals surface area contributed by atoms with E-state index in [1.54, 1.807) is 0 Å². The number of hydrogen-bond acceptors (Lipinski definition) is 2. The monoisotopic (exact) mass is 114 g/mol. The summed E-state index contributed by atoms with van der Waals surface area (Å²) in [5.74, 6) is 0.771. The summed E-state index contributed by atoms with van der Waals surface area (Å²) in [5.41, 5.74) is 0. The molecule has 1 heterocycles. The molecule has 0 aliphatic carbocycles. The zero-order valence-electron chi connectivity index (χ0n) is 5.73. The number of rotatable bonds is 2. The molecule has 1 saturated heterocycles. The van der Waals surface area contributed by atoms with E-state index >= 15 is 0 Å². The predicted octanol–water partition coefficient (Wildman–Crippen LogP) is 0.160. The lowest BCUT2D eigenvalue weighted by atomic mass is 10.1. The second-order valence-corrected chi connectivity index (χ2v) is 2.70. The lowest BCUT2D eigenvalue weighted by Crippen LogP contribution is -2.16. The minimum absolute atomic E-state index is 0.593. The third-order valence-corrected chi connectivity index (χ3v) is 1.65. The maximum Gasteiger partial charge on any atom is 0.0733 e. The molecule has 48 valence electrons. The first kappa shape index (κ1) is 6.05. The van der Waals surface area contributed by atoms with Crippen molar-refractivity contribution < 1.29 is 0 Å². The summed E-state index contributed by atoms with van der Waals surface area (Å²) in [4.78, 5) is 0. The van der Waals surface area contributed by atoms with Gasteiger partial charge in [-0.25, -0.2) is 0 Å². The normalized spacial score (nSPS) is 36.0. The average Bonchev–Trinajstić information content (AvgIpc) is 2.42. The van der Waals surface area contributed by atoms with E-state index in [1.807, 2.05) is 7.05 Å². The SMILES string of the molecule is CNC1NC1C(C)C. The van der Waals surface area contributed by atoms with E-state index in [4.69, 9.17) is 0 Å². The second kappa shape index (κ2) is 2.03. The Balaban J connectivity index is 2.16. The first-order valence-electron chi connectivity index (χ1n) is 3.19. The van der Waals surface area contributed by atoms with Crippen LogP contribution in [-0.4, -0.2) is 19.3 Å². The van der Waals surface area contributed by atoms with Crippen LogP contribution in [-0.2, 0) is 0 Å². The van der Waals surface area contributed by atoms with Crippen LogP contribution < -0.4 is 10.6 Å². The molecule has 2 atom stereocenters. The van der Waals surface area contributed by atoms with E-state index in [0.717, 1.165) is 12.0 Å². The van der Waals surface area contributed by atoms with Gasteiger partial charge in [0.2, 0.25) is 0 Å². The molecule has 1 aliphatic rings. The Bertz CT molecular complexity index is 80.6. The molecule has 0 saturated carbocycles. The van der Waals surface area contributed by atoms with Crippen LogP contribution in [0.25, 0.3) is 0 Å². The highest BCUT2D eigenvalue weighted by molar-refractivity contribution is 4.96. The Hall–Kier alpha value is -0.0800. The summed E-state index contributed by atoms with van der Waals surface area (Å²) in [7, 11) is 1.99. The van der Waals surface area contributed by atoms with Crippen molar-refractivity contribution in [3.05, 3.63) is 0 Å². The number of nitrogens with one attached hydrogen (secondary N) is 2. The Morgan fingerprint density at radius 2 is 2.12 bits per heavy atom. The van der Waals surface area contributed by atoms with Crippen LogP contribution in [0, 0.1) is 5.92 Å². The van der Waals surface area contributed by atoms with E-state index in [9.17, 15) is 0 Å². The van der Waals surface area contributed by atoms with E-state index in [2.05, 4.69) is 24.5 Å². The van der Waals surface area contributed by atoms with Crippen LogP contribution in [0.1, 0.15) is 13.8 Å². The molecule has 1 aliphatic heterocycles. The summed E-state index contributed by atoms with van der Waals surface area (Å²) >= 11 is 0. The van der Waals surface area contributed by atoms with Crippen molar-refractivity contribution in [3.63, 3.8) is 0 Å². The second-order valence-electron chi connectivity index (χ2n) is 2.70. The molecule has 0 bridgehead atoms. The van der Waals surface area contributed by atoms with Gasteiger partial charge < -0.3 is 5.32 Å². The summed E-state index contributed by atoms with van der Waals surface area (Å²) in [5, 5.41) is 6.47. The molecule has 2 N–H and O–H groups in total. The topological polar surface area (TPSA) is 34.0 Å². The highest BCUT2D eigenvalue weighted by atomic mass is 15.3. The van der Waals surface area contributed by atoms with E-state index in [-0.39, 0.29) is 0 Å². The van der Waals surface area contributed by atoms with Crippen LogP contribution in [0.4, 0.5) is 0 Å². The molecule has 8 heavy (non-hydrogen) atoms. The molecule has 0 aromatic heterocycles. The molecule has 0 aromatic carbocycles. The van der Waals surface area contributed by atoms with Crippen molar-refractivity contribution in [1.82, 2.24) is 10.6 Å². The highest BCUT2D eigenvalue weighted by Gasteiger charge is 2.36. The Morgan fingerprint density at radius 3 is 2.25 bits per heavy atom. The van der Waals surface area contributed by atoms with Crippen molar-refractivity contribution in [2.24, 2.45) is 5.92 Å². The lowest BCUT2D eigenvalue weighted by molar-refractivity contribution is 0.599. The molecule has 1 fully saturated rings. The minimum atomic E-state index is 0.593. The minimum Gasteiger partial charge on any atom is -0.304 e. The van der Waals surface area contributed by atoms with Gasteiger partial charge in [0.05, 0.1) is 6.17 Å². The maximum atomic E-state index is 3.31. The van der Waals surface area contributed by atoms with Gasteiger partial charge in [-0.15, -0.1) is 0 Å². The zero-order valence-corrected chi connectivity index (χ0v) is 5.73. The van der Waals surface area contributed by atoms with Gasteiger partial charge in [-0.05, 0) is 13.0 Å². The standard InChI is InChI=1S/C6H14N2/c1-4(2)5-6(7-3)8-5/h4-8H,1-3H3. The Labute approximate surface area is 50.7 Å². The Morgan fingerprint density at radius 1 is 1.50 bits per heavy atom. The van der Waals surface area contributed by atoms with Gasteiger partial charge in [-0.1, -0.05) is 13.8 Å². The third-order valence-electron chi connectivity index (χ3n) is 1.65. The molecule has 2 unspecified atom stereocenters. The summed E-state index contributed by atoms with van der Waals surface area (Å²) in [6.07, 6.45) is 0.593. The van der Waals surface area contributed by atoms with Crippen LogP contribution >= 0.6 is 0 Å². The summed E-state index contributed by atoms with van der Waals surface area (Å²) < 4.78 is 0. The van der Waals surface area contributed by atoms with Crippen LogP contribution in [0.5, 0.6) is 0 Å².